The van der Waals surface area contributed by atoms with Crippen molar-refractivity contribution < 1.29 is 9.90 Å². The fourth-order valence-electron chi connectivity index (χ4n) is 1.55. The molecule has 2 heterocycles. The second-order valence-electron chi connectivity index (χ2n) is 3.46. The van der Waals surface area contributed by atoms with Gasteiger partial charge >= 0.3 is 5.97 Å². The Kier molecular flexibility index (Phi) is 2.68. The SMILES string of the molecule is Cn1nc(CC(=O)O)cc1-c1cccnc1. The Morgan fingerprint density at radius 2 is 2.38 bits per heavy atom. The molecule has 0 aliphatic heterocycles. The first-order valence-corrected chi connectivity index (χ1v) is 4.82. The number of pyridine rings is 1. The van der Waals surface area contributed by atoms with E-state index < -0.39 is 5.97 Å². The summed E-state index contributed by atoms with van der Waals surface area (Å²) in [5, 5.41) is 12.8. The van der Waals surface area contributed by atoms with Gasteiger partial charge in [-0.15, -0.1) is 0 Å². The maximum Gasteiger partial charge on any atom is 0.309 e. The zero-order valence-corrected chi connectivity index (χ0v) is 8.79. The van der Waals surface area contributed by atoms with E-state index in [4.69, 9.17) is 5.11 Å². The number of hydrogen-bond acceptors (Lipinski definition) is 3. The van der Waals surface area contributed by atoms with Crippen molar-refractivity contribution in [2.75, 3.05) is 0 Å². The van der Waals surface area contributed by atoms with Crippen LogP contribution < -0.4 is 0 Å². The number of carboxylic acid groups (broad SMARTS) is 1. The lowest BCUT2D eigenvalue weighted by Crippen LogP contribution is -2.01. The Hall–Kier alpha value is -2.17. The summed E-state index contributed by atoms with van der Waals surface area (Å²) in [6, 6.07) is 5.51. The van der Waals surface area contributed by atoms with Crippen LogP contribution in [0.15, 0.2) is 30.6 Å². The molecule has 0 spiro atoms. The summed E-state index contributed by atoms with van der Waals surface area (Å²) in [6.07, 6.45) is 3.35. The van der Waals surface area contributed by atoms with Crippen molar-refractivity contribution in [1.82, 2.24) is 14.8 Å². The quantitative estimate of drug-likeness (QED) is 0.836. The second-order valence-corrected chi connectivity index (χ2v) is 3.46. The Labute approximate surface area is 92.4 Å². The normalized spacial score (nSPS) is 10.3. The first kappa shape index (κ1) is 10.4. The lowest BCUT2D eigenvalue weighted by molar-refractivity contribution is -0.136. The van der Waals surface area contributed by atoms with E-state index in [2.05, 4.69) is 10.1 Å². The third kappa shape index (κ3) is 2.08. The number of rotatable bonds is 3. The maximum absolute atomic E-state index is 10.6. The van der Waals surface area contributed by atoms with Gasteiger partial charge in [0, 0.05) is 25.0 Å². The highest BCUT2D eigenvalue weighted by molar-refractivity contribution is 5.70. The number of aliphatic carboxylic acids is 1. The molecule has 0 fully saturated rings. The van der Waals surface area contributed by atoms with Gasteiger partial charge in [-0.05, 0) is 18.2 Å². The van der Waals surface area contributed by atoms with Gasteiger partial charge in [0.1, 0.15) is 0 Å². The monoisotopic (exact) mass is 217 g/mol. The molecule has 0 atom stereocenters. The van der Waals surface area contributed by atoms with Crippen molar-refractivity contribution in [2.24, 2.45) is 7.05 Å². The highest BCUT2D eigenvalue weighted by atomic mass is 16.4. The molecule has 1 N–H and O–H groups in total. The van der Waals surface area contributed by atoms with Gasteiger partial charge in [-0.3, -0.25) is 14.5 Å². The van der Waals surface area contributed by atoms with E-state index in [1.165, 1.54) is 0 Å². The predicted octanol–water partition coefficient (Wildman–Crippen LogP) is 1.11. The van der Waals surface area contributed by atoms with Crippen molar-refractivity contribution in [2.45, 2.75) is 6.42 Å². The first-order chi connectivity index (χ1) is 7.66. The Morgan fingerprint density at radius 1 is 1.56 bits per heavy atom. The van der Waals surface area contributed by atoms with Crippen LogP contribution in [0, 0.1) is 0 Å². The molecule has 0 amide bonds. The zero-order valence-electron chi connectivity index (χ0n) is 8.79. The standard InChI is InChI=1S/C11H11N3O2/c1-14-10(8-3-2-4-12-7-8)5-9(13-14)6-11(15)16/h2-5,7H,6H2,1H3,(H,15,16). The lowest BCUT2D eigenvalue weighted by Gasteiger charge is -1.99. The van der Waals surface area contributed by atoms with E-state index in [1.807, 2.05) is 12.1 Å². The van der Waals surface area contributed by atoms with Crippen LogP contribution in [0.3, 0.4) is 0 Å². The Bertz CT molecular complexity index is 505. The topological polar surface area (TPSA) is 68.0 Å². The van der Waals surface area contributed by atoms with E-state index in [0.29, 0.717) is 5.69 Å². The smallest absolute Gasteiger partial charge is 0.309 e. The molecule has 0 unspecified atom stereocenters. The molecule has 0 aliphatic rings. The van der Waals surface area contributed by atoms with E-state index in [9.17, 15) is 4.79 Å². The predicted molar refractivity (Wildman–Crippen MR) is 57.8 cm³/mol. The van der Waals surface area contributed by atoms with Gasteiger partial charge in [-0.25, -0.2) is 0 Å². The van der Waals surface area contributed by atoms with Crippen LogP contribution in [-0.4, -0.2) is 25.8 Å². The number of nitrogens with zero attached hydrogens (tertiary/aromatic N) is 3. The van der Waals surface area contributed by atoms with Crippen molar-refractivity contribution in [3.05, 3.63) is 36.3 Å². The molecule has 5 heteroatoms. The molecule has 2 aromatic rings. The Balaban J connectivity index is 2.36. The van der Waals surface area contributed by atoms with Gasteiger partial charge in [-0.1, -0.05) is 0 Å². The van der Waals surface area contributed by atoms with Crippen LogP contribution in [0.2, 0.25) is 0 Å². The third-order valence-corrected chi connectivity index (χ3v) is 2.22. The second kappa shape index (κ2) is 4.14. The molecule has 16 heavy (non-hydrogen) atoms. The van der Waals surface area contributed by atoms with E-state index in [1.54, 1.807) is 30.2 Å². The largest absolute Gasteiger partial charge is 0.481 e. The number of aryl methyl sites for hydroxylation is 1. The summed E-state index contributed by atoms with van der Waals surface area (Å²) in [4.78, 5) is 14.6. The zero-order chi connectivity index (χ0) is 11.5. The van der Waals surface area contributed by atoms with Crippen molar-refractivity contribution in [3.8, 4) is 11.3 Å². The van der Waals surface area contributed by atoms with E-state index in [0.717, 1.165) is 11.3 Å². The molecule has 0 radical (unpaired) electrons. The summed E-state index contributed by atoms with van der Waals surface area (Å²) in [5.74, 6) is -0.879. The Morgan fingerprint density at radius 3 is 3.00 bits per heavy atom. The van der Waals surface area contributed by atoms with E-state index in [-0.39, 0.29) is 6.42 Å². The molecule has 2 rings (SSSR count). The first-order valence-electron chi connectivity index (χ1n) is 4.82. The molecule has 82 valence electrons. The number of carbonyl (C=O) groups is 1. The summed E-state index contributed by atoms with van der Waals surface area (Å²) in [7, 11) is 1.79. The van der Waals surface area contributed by atoms with Crippen LogP contribution in [0.4, 0.5) is 0 Å². The molecular formula is C11H11N3O2. The van der Waals surface area contributed by atoms with Crippen LogP contribution in [-0.2, 0) is 18.3 Å². The molecule has 0 bridgehead atoms. The van der Waals surface area contributed by atoms with Gasteiger partial charge in [0.15, 0.2) is 0 Å². The van der Waals surface area contributed by atoms with Crippen molar-refractivity contribution in [3.63, 3.8) is 0 Å². The van der Waals surface area contributed by atoms with Crippen LogP contribution >= 0.6 is 0 Å². The van der Waals surface area contributed by atoms with Crippen molar-refractivity contribution in [1.29, 1.82) is 0 Å². The third-order valence-electron chi connectivity index (χ3n) is 2.22. The molecular weight excluding hydrogens is 206 g/mol. The highest BCUT2D eigenvalue weighted by Gasteiger charge is 2.09. The minimum atomic E-state index is -0.879. The average Bonchev–Trinajstić information content (AvgIpc) is 2.60. The van der Waals surface area contributed by atoms with E-state index >= 15 is 0 Å². The van der Waals surface area contributed by atoms with Crippen LogP contribution in [0.1, 0.15) is 5.69 Å². The summed E-state index contributed by atoms with van der Waals surface area (Å²) in [6.45, 7) is 0. The highest BCUT2D eigenvalue weighted by Crippen LogP contribution is 2.18. The lowest BCUT2D eigenvalue weighted by atomic mass is 10.2. The summed E-state index contributed by atoms with van der Waals surface area (Å²) < 4.78 is 1.66. The van der Waals surface area contributed by atoms with Gasteiger partial charge in [0.2, 0.25) is 0 Å². The van der Waals surface area contributed by atoms with Gasteiger partial charge < -0.3 is 5.11 Å². The number of hydrogen-bond donors (Lipinski definition) is 1. The minimum absolute atomic E-state index is 0.0614. The fourth-order valence-corrected chi connectivity index (χ4v) is 1.55. The van der Waals surface area contributed by atoms with Crippen molar-refractivity contribution >= 4 is 5.97 Å². The maximum atomic E-state index is 10.6. The average molecular weight is 217 g/mol. The minimum Gasteiger partial charge on any atom is -0.481 e. The summed E-state index contributed by atoms with van der Waals surface area (Å²) in [5.41, 5.74) is 2.34. The number of carboxylic acids is 1. The molecule has 0 saturated heterocycles. The molecule has 0 aromatic carbocycles. The van der Waals surface area contributed by atoms with Gasteiger partial charge in [0.05, 0.1) is 17.8 Å². The van der Waals surface area contributed by atoms with Gasteiger partial charge in [-0.2, -0.15) is 5.10 Å². The molecule has 5 nitrogen and oxygen atoms in total. The van der Waals surface area contributed by atoms with Crippen LogP contribution in [0.5, 0.6) is 0 Å². The number of aromatic nitrogens is 3. The molecule has 2 aromatic heterocycles. The summed E-state index contributed by atoms with van der Waals surface area (Å²) >= 11 is 0. The van der Waals surface area contributed by atoms with Crippen LogP contribution in [0.25, 0.3) is 11.3 Å². The molecule has 0 saturated carbocycles. The van der Waals surface area contributed by atoms with Gasteiger partial charge in [0.25, 0.3) is 0 Å². The fraction of sp³-hybridized carbons (Fsp3) is 0.182. The molecule has 0 aliphatic carbocycles.